The van der Waals surface area contributed by atoms with Crippen molar-refractivity contribution in [3.8, 4) is 0 Å². The zero-order valence-electron chi connectivity index (χ0n) is 7.23. The van der Waals surface area contributed by atoms with E-state index >= 15 is 0 Å². The molecule has 0 aromatic heterocycles. The second kappa shape index (κ2) is 5.90. The molecule has 7 heteroatoms. The van der Waals surface area contributed by atoms with E-state index in [0.29, 0.717) is 6.42 Å². The number of carbonyl (C=O) groups excluding carboxylic acids is 1. The van der Waals surface area contributed by atoms with Gasteiger partial charge in [-0.25, -0.2) is 8.98 Å². The Morgan fingerprint density at radius 1 is 1.46 bits per heavy atom. The fourth-order valence-electron chi connectivity index (χ4n) is 0.495. The van der Waals surface area contributed by atoms with Gasteiger partial charge in [0.2, 0.25) is 0 Å². The molecule has 0 atom stereocenters. The van der Waals surface area contributed by atoms with Gasteiger partial charge in [-0.05, 0) is 6.42 Å². The maximum atomic E-state index is 10.6. The van der Waals surface area contributed by atoms with Crippen molar-refractivity contribution in [2.75, 3.05) is 13.2 Å². The Bertz CT molecular complexity index is 244. The number of esters is 1. The number of unbranched alkanes of at least 4 members (excludes halogenated alkanes) is 1. The van der Waals surface area contributed by atoms with Gasteiger partial charge in [-0.2, -0.15) is 8.42 Å². The summed E-state index contributed by atoms with van der Waals surface area (Å²) in [6.07, 6.45) is 1.57. The molecule has 0 aliphatic heterocycles. The van der Waals surface area contributed by atoms with Gasteiger partial charge in [0.25, 0.3) is 0 Å². The quantitative estimate of drug-likeness (QED) is 0.383. The van der Waals surface area contributed by atoms with Gasteiger partial charge in [-0.15, -0.1) is 0 Å². The maximum absolute atomic E-state index is 10.6. The summed E-state index contributed by atoms with van der Waals surface area (Å²) in [6, 6.07) is 0. The van der Waals surface area contributed by atoms with Crippen LogP contribution in [-0.4, -0.2) is 32.2 Å². The molecule has 1 N–H and O–H groups in total. The molecule has 0 spiro atoms. The summed E-state index contributed by atoms with van der Waals surface area (Å²) in [7, 11) is -4.55. The van der Waals surface area contributed by atoms with Crippen molar-refractivity contribution < 1.29 is 26.7 Å². The molecule has 0 radical (unpaired) electrons. The third-order valence-corrected chi connectivity index (χ3v) is 1.50. The number of carbonyl (C=O) groups is 1. The molecule has 0 aromatic carbocycles. The van der Waals surface area contributed by atoms with Crippen LogP contribution >= 0.6 is 0 Å². The third-order valence-electron chi connectivity index (χ3n) is 1.09. The van der Waals surface area contributed by atoms with Gasteiger partial charge in [-0.1, -0.05) is 13.3 Å². The summed E-state index contributed by atoms with van der Waals surface area (Å²) >= 11 is 0. The minimum Gasteiger partial charge on any atom is -0.464 e. The smallest absolute Gasteiger partial charge is 0.397 e. The number of ether oxygens (including phenoxy) is 1. The Hall–Kier alpha value is -0.660. The van der Waals surface area contributed by atoms with E-state index in [9.17, 15) is 13.2 Å². The molecule has 0 saturated heterocycles. The molecule has 0 aliphatic carbocycles. The second-order valence-electron chi connectivity index (χ2n) is 2.26. The minimum atomic E-state index is -4.55. The molecule has 0 bridgehead atoms. The molecule has 6 nitrogen and oxygen atoms in total. The Balaban J connectivity index is 3.53. The van der Waals surface area contributed by atoms with Crippen molar-refractivity contribution in [2.45, 2.75) is 19.8 Å². The van der Waals surface area contributed by atoms with E-state index in [1.165, 1.54) is 0 Å². The van der Waals surface area contributed by atoms with Crippen molar-refractivity contribution in [1.29, 1.82) is 0 Å². The Labute approximate surface area is 76.8 Å². The Kier molecular flexibility index (Phi) is 5.60. The average molecular weight is 212 g/mol. The molecular weight excluding hydrogens is 200 g/mol. The summed E-state index contributed by atoms with van der Waals surface area (Å²) in [5.41, 5.74) is 0. The van der Waals surface area contributed by atoms with Crippen LogP contribution in [0.15, 0.2) is 0 Å². The van der Waals surface area contributed by atoms with Gasteiger partial charge in [0.05, 0.1) is 6.61 Å². The summed E-state index contributed by atoms with van der Waals surface area (Å²) in [5, 5.41) is 0. The lowest BCUT2D eigenvalue weighted by Gasteiger charge is -2.02. The lowest BCUT2D eigenvalue weighted by molar-refractivity contribution is -0.146. The highest BCUT2D eigenvalue weighted by Gasteiger charge is 2.09. The summed E-state index contributed by atoms with van der Waals surface area (Å²) in [6.45, 7) is 1.36. The standard InChI is InChI=1S/C6H12O6S/c1-2-3-4-11-6(7)5-12-13(8,9)10/h2-5H2,1H3,(H,8,9,10). The van der Waals surface area contributed by atoms with Crippen molar-refractivity contribution >= 4 is 16.4 Å². The SMILES string of the molecule is CCCCOC(=O)COS(=O)(=O)O. The lowest BCUT2D eigenvalue weighted by Crippen LogP contribution is -2.16. The predicted molar refractivity (Wildman–Crippen MR) is 43.4 cm³/mol. The van der Waals surface area contributed by atoms with Crippen LogP contribution < -0.4 is 0 Å². The first-order valence-corrected chi connectivity index (χ1v) is 5.09. The number of hydrogen-bond donors (Lipinski definition) is 1. The van der Waals surface area contributed by atoms with Gasteiger partial charge in [0, 0.05) is 0 Å². The van der Waals surface area contributed by atoms with Crippen LogP contribution in [0.2, 0.25) is 0 Å². The topological polar surface area (TPSA) is 89.9 Å². The minimum absolute atomic E-state index is 0.226. The molecule has 0 heterocycles. The first-order valence-electron chi connectivity index (χ1n) is 3.73. The van der Waals surface area contributed by atoms with Crippen molar-refractivity contribution in [2.24, 2.45) is 0 Å². The zero-order chi connectivity index (χ0) is 10.3. The van der Waals surface area contributed by atoms with Crippen LogP contribution in [0.25, 0.3) is 0 Å². The Morgan fingerprint density at radius 3 is 2.54 bits per heavy atom. The molecule has 0 fully saturated rings. The molecular formula is C6H12O6S. The molecule has 0 saturated carbocycles. The lowest BCUT2D eigenvalue weighted by atomic mass is 10.4. The van der Waals surface area contributed by atoms with Gasteiger partial charge in [-0.3, -0.25) is 4.55 Å². The van der Waals surface area contributed by atoms with E-state index < -0.39 is 23.0 Å². The number of rotatable bonds is 6. The van der Waals surface area contributed by atoms with Crippen LogP contribution in [0.3, 0.4) is 0 Å². The summed E-state index contributed by atoms with van der Waals surface area (Å²) in [5.74, 6) is -0.814. The average Bonchev–Trinajstić information content (AvgIpc) is 2.00. The van der Waals surface area contributed by atoms with Crippen LogP contribution in [0.4, 0.5) is 0 Å². The van der Waals surface area contributed by atoms with Crippen LogP contribution in [-0.2, 0) is 24.1 Å². The van der Waals surface area contributed by atoms with Crippen LogP contribution in [0, 0.1) is 0 Å². The summed E-state index contributed by atoms with van der Waals surface area (Å²) in [4.78, 5) is 10.6. The molecule has 0 unspecified atom stereocenters. The van der Waals surface area contributed by atoms with E-state index in [0.717, 1.165) is 6.42 Å². The van der Waals surface area contributed by atoms with Gasteiger partial charge < -0.3 is 4.74 Å². The normalized spacial score (nSPS) is 11.2. The highest BCUT2D eigenvalue weighted by Crippen LogP contribution is 1.91. The van der Waals surface area contributed by atoms with Crippen LogP contribution in [0.5, 0.6) is 0 Å². The van der Waals surface area contributed by atoms with E-state index in [1.54, 1.807) is 0 Å². The number of hydrogen-bond acceptors (Lipinski definition) is 5. The summed E-state index contributed by atoms with van der Waals surface area (Å²) < 4.78 is 36.4. The third kappa shape index (κ3) is 9.25. The highest BCUT2D eigenvalue weighted by molar-refractivity contribution is 7.80. The van der Waals surface area contributed by atoms with E-state index in [4.69, 9.17) is 4.55 Å². The first kappa shape index (κ1) is 12.3. The van der Waals surface area contributed by atoms with Gasteiger partial charge >= 0.3 is 16.4 Å². The molecule has 0 amide bonds. The van der Waals surface area contributed by atoms with Crippen molar-refractivity contribution in [1.82, 2.24) is 0 Å². The Morgan fingerprint density at radius 2 is 2.08 bits per heavy atom. The fourth-order valence-corrected chi connectivity index (χ4v) is 0.740. The second-order valence-corrected chi connectivity index (χ2v) is 3.36. The fraction of sp³-hybridized carbons (Fsp3) is 0.833. The molecule has 13 heavy (non-hydrogen) atoms. The zero-order valence-corrected chi connectivity index (χ0v) is 8.04. The first-order chi connectivity index (χ1) is 5.95. The molecule has 0 aliphatic rings. The molecule has 0 aromatic rings. The van der Waals surface area contributed by atoms with E-state index in [2.05, 4.69) is 8.92 Å². The molecule has 78 valence electrons. The van der Waals surface area contributed by atoms with Gasteiger partial charge in [0.1, 0.15) is 0 Å². The monoisotopic (exact) mass is 212 g/mol. The predicted octanol–water partition coefficient (Wildman–Crippen LogP) is 0.149. The van der Waals surface area contributed by atoms with Crippen LogP contribution in [0.1, 0.15) is 19.8 Å². The maximum Gasteiger partial charge on any atom is 0.397 e. The molecule has 0 rings (SSSR count). The van der Waals surface area contributed by atoms with Crippen molar-refractivity contribution in [3.63, 3.8) is 0 Å². The van der Waals surface area contributed by atoms with E-state index in [1.807, 2.05) is 6.92 Å². The van der Waals surface area contributed by atoms with Crippen molar-refractivity contribution in [3.05, 3.63) is 0 Å². The highest BCUT2D eigenvalue weighted by atomic mass is 32.3. The largest absolute Gasteiger partial charge is 0.464 e. The van der Waals surface area contributed by atoms with E-state index in [-0.39, 0.29) is 6.61 Å². The van der Waals surface area contributed by atoms with Gasteiger partial charge in [0.15, 0.2) is 6.61 Å².